The van der Waals surface area contributed by atoms with Gasteiger partial charge in [-0.05, 0) is 61.3 Å². The molecular formula is C38H55Cl5N4O5S. The first-order chi connectivity index (χ1) is 25.0. The van der Waals surface area contributed by atoms with Gasteiger partial charge in [-0.25, -0.2) is 4.79 Å². The summed E-state index contributed by atoms with van der Waals surface area (Å²) in [6.07, 6.45) is 1.87. The molecule has 4 amide bonds. The highest BCUT2D eigenvalue weighted by atomic mass is 35.5. The number of amides is 4. The van der Waals surface area contributed by atoms with E-state index in [0.29, 0.717) is 58.1 Å². The Bertz CT molecular complexity index is 1370. The van der Waals surface area contributed by atoms with Crippen LogP contribution in [0.1, 0.15) is 54.0 Å². The summed E-state index contributed by atoms with van der Waals surface area (Å²) in [7, 11) is 0. The molecule has 53 heavy (non-hydrogen) atoms. The van der Waals surface area contributed by atoms with Crippen molar-refractivity contribution in [1.29, 1.82) is 0 Å². The van der Waals surface area contributed by atoms with Gasteiger partial charge in [-0.15, -0.1) is 36.4 Å². The summed E-state index contributed by atoms with van der Waals surface area (Å²) in [5, 5.41) is 6.81. The van der Waals surface area contributed by atoms with E-state index in [2.05, 4.69) is 51.5 Å². The molecule has 0 aliphatic carbocycles. The number of hydrogen-bond donors (Lipinski definition) is 2. The van der Waals surface area contributed by atoms with Crippen molar-refractivity contribution in [2.24, 2.45) is 11.8 Å². The topological polar surface area (TPSA) is 108 Å². The highest BCUT2D eigenvalue weighted by Crippen LogP contribution is 2.29. The molecule has 298 valence electrons. The molecule has 0 heterocycles. The Labute approximate surface area is 346 Å². The van der Waals surface area contributed by atoms with E-state index in [-0.39, 0.29) is 22.9 Å². The zero-order valence-electron chi connectivity index (χ0n) is 31.7. The Hall–Kier alpha value is -2.60. The third-order valence-corrected chi connectivity index (χ3v) is 8.50. The summed E-state index contributed by atoms with van der Waals surface area (Å²) in [5.41, 5.74) is 1.42. The molecule has 0 unspecified atom stereocenters. The number of thioether (sulfide) groups is 1. The van der Waals surface area contributed by atoms with Crippen LogP contribution < -0.4 is 10.6 Å². The molecule has 2 aromatic rings. The van der Waals surface area contributed by atoms with Gasteiger partial charge >= 0.3 is 6.09 Å². The number of rotatable bonds is 15. The van der Waals surface area contributed by atoms with Crippen LogP contribution in [0.5, 0.6) is 0 Å². The second-order valence-electron chi connectivity index (χ2n) is 11.8. The largest absolute Gasteiger partial charge is 0.436 e. The highest BCUT2D eigenvalue weighted by Gasteiger charge is 2.17. The Morgan fingerprint density at radius 1 is 0.830 bits per heavy atom. The number of nitrogens with zero attached hydrogens (tertiary/aromatic N) is 2. The molecule has 0 aromatic heterocycles. The van der Waals surface area contributed by atoms with Crippen molar-refractivity contribution in [3.05, 3.63) is 88.4 Å². The molecule has 15 heteroatoms. The van der Waals surface area contributed by atoms with E-state index in [1.54, 1.807) is 60.4 Å². The summed E-state index contributed by atoms with van der Waals surface area (Å²) in [6.45, 7) is 24.3. The molecule has 0 saturated heterocycles. The maximum atomic E-state index is 11.7. The van der Waals surface area contributed by atoms with Crippen molar-refractivity contribution >= 4 is 98.6 Å². The Kier molecular flexibility index (Phi) is 31.4. The van der Waals surface area contributed by atoms with Crippen LogP contribution in [0, 0.1) is 11.8 Å². The maximum Gasteiger partial charge on any atom is 0.412 e. The minimum atomic E-state index is -0.807. The van der Waals surface area contributed by atoms with Crippen molar-refractivity contribution in [2.75, 3.05) is 49.7 Å². The molecule has 0 aliphatic rings. The van der Waals surface area contributed by atoms with Gasteiger partial charge in [-0.3, -0.25) is 19.7 Å². The van der Waals surface area contributed by atoms with Crippen molar-refractivity contribution in [1.82, 2.24) is 15.1 Å². The number of anilines is 1. The summed E-state index contributed by atoms with van der Waals surface area (Å²) < 4.78 is 4.91. The molecular weight excluding hydrogens is 802 g/mol. The standard InChI is InChI=1S/C12H16N2O3.C11H23NOS.C8H12ClNO.C7H4Cl4/c1-3-13-11(15)9(2)17-12(16)14-10-7-5-4-6-8-10;1-6-14-11(13)12(7-9(2)3)8-10(4)5;1-3-5-10(6-4-2)8(11)7-9;8-3-4-1-6(10)7(11)2-5(4)9/h4-9H,3H2,1-2H3,(H,13,15)(H,14,16);9-10H,6-8H2,1-5H3;3-4H,1-2,5-7H2;1-2H,3H2/t9-;;;/m0.../s1. The maximum absolute atomic E-state index is 11.7. The normalized spacial score (nSPS) is 10.5. The number of nitrogens with one attached hydrogen (secondary N) is 2. The molecule has 0 fully saturated rings. The number of hydrogen-bond acceptors (Lipinski definition) is 6. The molecule has 9 nitrogen and oxygen atoms in total. The lowest BCUT2D eigenvalue weighted by Gasteiger charge is -2.25. The van der Waals surface area contributed by atoms with Crippen LogP contribution in [0.15, 0.2) is 67.8 Å². The van der Waals surface area contributed by atoms with Crippen LogP contribution in [0.4, 0.5) is 15.3 Å². The zero-order chi connectivity index (χ0) is 40.9. The summed E-state index contributed by atoms with van der Waals surface area (Å²) >= 11 is 29.5. The van der Waals surface area contributed by atoms with Crippen molar-refractivity contribution in [3.8, 4) is 0 Å². The summed E-state index contributed by atoms with van der Waals surface area (Å²) in [4.78, 5) is 49.0. The number of benzene rings is 2. The molecule has 0 aliphatic heterocycles. The van der Waals surface area contributed by atoms with Gasteiger partial charge in [0.05, 0.1) is 10.0 Å². The lowest BCUT2D eigenvalue weighted by atomic mass is 10.1. The fourth-order valence-corrected chi connectivity index (χ4v) is 5.53. The second kappa shape index (κ2) is 31.7. The number of para-hydroxylation sites is 1. The number of ether oxygens (including phenoxy) is 1. The molecule has 2 N–H and O–H groups in total. The predicted molar refractivity (Wildman–Crippen MR) is 228 cm³/mol. The monoisotopic (exact) mass is 854 g/mol. The van der Waals surface area contributed by atoms with Crippen molar-refractivity contribution in [2.45, 2.75) is 60.5 Å². The Balaban J connectivity index is 0. The Morgan fingerprint density at radius 3 is 1.79 bits per heavy atom. The molecule has 0 bridgehead atoms. The van der Waals surface area contributed by atoms with Crippen LogP contribution in [0.2, 0.25) is 15.1 Å². The average molecular weight is 857 g/mol. The molecule has 1 atom stereocenters. The molecule has 2 rings (SSSR count). The summed E-state index contributed by atoms with van der Waals surface area (Å²) in [6, 6.07) is 12.2. The van der Waals surface area contributed by atoms with Crippen molar-refractivity contribution in [3.63, 3.8) is 0 Å². The van der Waals surface area contributed by atoms with Gasteiger partial charge < -0.3 is 19.9 Å². The highest BCUT2D eigenvalue weighted by molar-refractivity contribution is 8.13. The van der Waals surface area contributed by atoms with E-state index in [1.807, 2.05) is 17.9 Å². The fraction of sp³-hybridized carbons (Fsp3) is 0.474. The van der Waals surface area contributed by atoms with Gasteiger partial charge in [0.1, 0.15) is 5.88 Å². The van der Waals surface area contributed by atoms with Gasteiger partial charge in [0.2, 0.25) is 5.91 Å². The van der Waals surface area contributed by atoms with Gasteiger partial charge in [0.15, 0.2) is 6.10 Å². The van der Waals surface area contributed by atoms with Crippen molar-refractivity contribution < 1.29 is 23.9 Å². The first-order valence-electron chi connectivity index (χ1n) is 17.0. The lowest BCUT2D eigenvalue weighted by Crippen LogP contribution is -2.36. The minimum Gasteiger partial charge on any atom is -0.436 e. The number of carbonyl (C=O) groups excluding carboxylic acids is 4. The first-order valence-corrected chi connectivity index (χ1v) is 20.2. The molecule has 0 radical (unpaired) electrons. The van der Waals surface area contributed by atoms with Gasteiger partial charge in [-0.2, -0.15) is 0 Å². The van der Waals surface area contributed by atoms with E-state index in [4.69, 9.17) is 62.7 Å². The SMILES string of the molecule is C=CCN(CC=C)C(=O)CCl.CCNC(=O)[C@H](C)OC(=O)Nc1ccccc1.CCSC(=O)N(CC(C)C)CC(C)C.ClCc1cc(Cl)c(Cl)cc1Cl. The number of halogens is 5. The third kappa shape index (κ3) is 25.9. The van der Waals surface area contributed by atoms with E-state index in [0.717, 1.165) is 24.4 Å². The van der Waals surface area contributed by atoms with E-state index in [9.17, 15) is 19.2 Å². The summed E-state index contributed by atoms with van der Waals surface area (Å²) in [5.74, 6) is 1.93. The molecule has 2 aromatic carbocycles. The lowest BCUT2D eigenvalue weighted by molar-refractivity contribution is -0.128. The first kappa shape index (κ1) is 52.5. The van der Waals surface area contributed by atoms with Crippen LogP contribution >= 0.6 is 69.8 Å². The van der Waals surface area contributed by atoms with E-state index < -0.39 is 12.2 Å². The van der Waals surface area contributed by atoms with E-state index >= 15 is 0 Å². The third-order valence-electron chi connectivity index (χ3n) is 6.12. The Morgan fingerprint density at radius 2 is 1.36 bits per heavy atom. The molecule has 0 saturated carbocycles. The molecule has 0 spiro atoms. The predicted octanol–water partition coefficient (Wildman–Crippen LogP) is 11.0. The number of likely N-dealkylation sites (N-methyl/N-ethyl adjacent to an activating group) is 1. The van der Waals surface area contributed by atoms with Crippen LogP contribution in [0.25, 0.3) is 0 Å². The van der Waals surface area contributed by atoms with Gasteiger partial charge in [-0.1, -0.05) is 112 Å². The van der Waals surface area contributed by atoms with E-state index in [1.165, 1.54) is 18.7 Å². The quantitative estimate of drug-likeness (QED) is 0.105. The smallest absolute Gasteiger partial charge is 0.412 e. The number of carbonyl (C=O) groups is 4. The second-order valence-corrected chi connectivity index (χ2v) is 14.8. The minimum absolute atomic E-state index is 0.0156. The van der Waals surface area contributed by atoms with Crippen LogP contribution in [0.3, 0.4) is 0 Å². The number of alkyl halides is 2. The fourth-order valence-electron chi connectivity index (χ4n) is 3.86. The zero-order valence-corrected chi connectivity index (χ0v) is 36.3. The van der Waals surface area contributed by atoms with Crippen LogP contribution in [-0.2, 0) is 20.2 Å². The van der Waals surface area contributed by atoms with Crippen LogP contribution in [-0.4, -0.2) is 83.4 Å². The van der Waals surface area contributed by atoms with Gasteiger partial charge in [0, 0.05) is 49.3 Å². The van der Waals surface area contributed by atoms with Gasteiger partial charge in [0.25, 0.3) is 11.1 Å². The average Bonchev–Trinajstić information content (AvgIpc) is 3.10.